The van der Waals surface area contributed by atoms with Crippen molar-refractivity contribution in [3.8, 4) is 0 Å². The van der Waals surface area contributed by atoms with Crippen molar-refractivity contribution in [2.75, 3.05) is 11.9 Å². The van der Waals surface area contributed by atoms with E-state index in [1.165, 1.54) is 12.8 Å². The number of rotatable bonds is 4. The lowest BCUT2D eigenvalue weighted by Gasteiger charge is -2.26. The molecule has 4 nitrogen and oxygen atoms in total. The molecule has 0 atom stereocenters. The zero-order chi connectivity index (χ0) is 14.5. The van der Waals surface area contributed by atoms with Crippen LogP contribution in [0.3, 0.4) is 0 Å². The van der Waals surface area contributed by atoms with Crippen LogP contribution < -0.4 is 10.6 Å². The van der Waals surface area contributed by atoms with Gasteiger partial charge in [-0.25, -0.2) is 4.98 Å². The Hall–Kier alpha value is -1.29. The molecule has 1 amide bonds. The normalized spacial score (nSPS) is 22.4. The third-order valence-corrected chi connectivity index (χ3v) is 4.08. The summed E-state index contributed by atoms with van der Waals surface area (Å²) in [5.41, 5.74) is 0.309. The van der Waals surface area contributed by atoms with Crippen LogP contribution in [0.5, 0.6) is 0 Å². The fourth-order valence-electron chi connectivity index (χ4n) is 2.54. The van der Waals surface area contributed by atoms with Crippen molar-refractivity contribution in [1.82, 2.24) is 10.3 Å². The quantitative estimate of drug-likeness (QED) is 0.894. The largest absolute Gasteiger partial charge is 0.370 e. The number of hydrogen-bond acceptors (Lipinski definition) is 3. The third-order valence-electron chi connectivity index (χ3n) is 3.77. The van der Waals surface area contributed by atoms with Crippen LogP contribution in [0.2, 0.25) is 5.02 Å². The van der Waals surface area contributed by atoms with E-state index in [0.717, 1.165) is 25.3 Å². The first-order chi connectivity index (χ1) is 9.60. The summed E-state index contributed by atoms with van der Waals surface area (Å²) in [5.74, 6) is 1.27. The van der Waals surface area contributed by atoms with Gasteiger partial charge in [-0.15, -0.1) is 0 Å². The maximum Gasteiger partial charge on any atom is 0.271 e. The second kappa shape index (κ2) is 6.93. The Bertz CT molecular complexity index is 470. The first-order valence-corrected chi connectivity index (χ1v) is 7.69. The summed E-state index contributed by atoms with van der Waals surface area (Å²) in [6.07, 6.45) is 4.42. The van der Waals surface area contributed by atoms with E-state index in [1.807, 2.05) is 6.92 Å². The number of amides is 1. The number of nitrogens with zero attached hydrogens (tertiary/aromatic N) is 1. The molecule has 5 heteroatoms. The van der Waals surface area contributed by atoms with Crippen molar-refractivity contribution >= 4 is 23.3 Å². The summed E-state index contributed by atoms with van der Waals surface area (Å²) < 4.78 is 0. The Morgan fingerprint density at radius 2 is 2.05 bits per heavy atom. The number of halogens is 1. The molecule has 1 aliphatic carbocycles. The highest BCUT2D eigenvalue weighted by Crippen LogP contribution is 2.24. The van der Waals surface area contributed by atoms with Crippen molar-refractivity contribution in [3.63, 3.8) is 0 Å². The van der Waals surface area contributed by atoms with E-state index in [0.29, 0.717) is 16.5 Å². The zero-order valence-corrected chi connectivity index (χ0v) is 12.8. The number of hydrogen-bond donors (Lipinski definition) is 2. The first-order valence-electron chi connectivity index (χ1n) is 7.31. The van der Waals surface area contributed by atoms with Crippen molar-refractivity contribution in [1.29, 1.82) is 0 Å². The second-order valence-corrected chi connectivity index (χ2v) is 5.89. The standard InChI is InChI=1S/C15H22ClN3O/c1-3-17-13-9-8-12(16)14(19-13)15(20)18-11-6-4-10(2)5-7-11/h8-11H,3-7H2,1-2H3,(H,17,19)(H,18,20). The Morgan fingerprint density at radius 1 is 1.35 bits per heavy atom. The molecule has 1 aromatic heterocycles. The van der Waals surface area contributed by atoms with E-state index in [1.54, 1.807) is 12.1 Å². The lowest BCUT2D eigenvalue weighted by atomic mass is 9.87. The summed E-state index contributed by atoms with van der Waals surface area (Å²) in [5, 5.41) is 6.54. The molecular formula is C15H22ClN3O. The van der Waals surface area contributed by atoms with Gasteiger partial charge in [0.25, 0.3) is 5.91 Å². The molecule has 1 aliphatic rings. The van der Waals surface area contributed by atoms with Crippen LogP contribution in [0.4, 0.5) is 5.82 Å². The minimum atomic E-state index is -0.172. The molecule has 0 spiro atoms. The van der Waals surface area contributed by atoms with Crippen molar-refractivity contribution < 1.29 is 4.79 Å². The smallest absolute Gasteiger partial charge is 0.271 e. The molecule has 1 heterocycles. The fraction of sp³-hybridized carbons (Fsp3) is 0.600. The van der Waals surface area contributed by atoms with Crippen molar-refractivity contribution in [3.05, 3.63) is 22.8 Å². The van der Waals surface area contributed by atoms with E-state index < -0.39 is 0 Å². The van der Waals surface area contributed by atoms with Crippen LogP contribution in [-0.4, -0.2) is 23.5 Å². The number of carbonyl (C=O) groups excluding carboxylic acids is 1. The van der Waals surface area contributed by atoms with E-state index >= 15 is 0 Å². The molecule has 1 aromatic rings. The molecule has 0 saturated heterocycles. The van der Waals surface area contributed by atoms with Gasteiger partial charge in [-0.2, -0.15) is 0 Å². The van der Waals surface area contributed by atoms with Crippen LogP contribution in [0.25, 0.3) is 0 Å². The number of carbonyl (C=O) groups is 1. The van der Waals surface area contributed by atoms with Crippen molar-refractivity contribution in [2.45, 2.75) is 45.6 Å². The lowest BCUT2D eigenvalue weighted by molar-refractivity contribution is 0.0918. The summed E-state index contributed by atoms with van der Waals surface area (Å²) in [6, 6.07) is 3.74. The van der Waals surface area contributed by atoms with Crippen LogP contribution in [0.15, 0.2) is 12.1 Å². The van der Waals surface area contributed by atoms with E-state index in [-0.39, 0.29) is 11.9 Å². The molecule has 2 N–H and O–H groups in total. The van der Waals surface area contributed by atoms with Crippen LogP contribution >= 0.6 is 11.6 Å². The molecule has 1 fully saturated rings. The predicted molar refractivity (Wildman–Crippen MR) is 82.3 cm³/mol. The molecule has 0 radical (unpaired) electrons. The van der Waals surface area contributed by atoms with Gasteiger partial charge in [0.15, 0.2) is 0 Å². The minimum Gasteiger partial charge on any atom is -0.370 e. The van der Waals surface area contributed by atoms with Gasteiger partial charge in [0, 0.05) is 12.6 Å². The molecule has 110 valence electrons. The summed E-state index contributed by atoms with van der Waals surface area (Å²) in [4.78, 5) is 16.6. The Labute approximate surface area is 125 Å². The Morgan fingerprint density at radius 3 is 2.70 bits per heavy atom. The summed E-state index contributed by atoms with van der Waals surface area (Å²) in [7, 11) is 0. The van der Waals surface area contributed by atoms with Gasteiger partial charge in [-0.05, 0) is 50.7 Å². The van der Waals surface area contributed by atoms with Crippen molar-refractivity contribution in [2.24, 2.45) is 5.92 Å². The van der Waals surface area contributed by atoms with Gasteiger partial charge < -0.3 is 10.6 Å². The number of aromatic nitrogens is 1. The summed E-state index contributed by atoms with van der Waals surface area (Å²) >= 11 is 6.08. The molecule has 2 rings (SSSR count). The number of anilines is 1. The average molecular weight is 296 g/mol. The van der Waals surface area contributed by atoms with Crippen LogP contribution in [0, 0.1) is 5.92 Å². The molecule has 0 aliphatic heterocycles. The average Bonchev–Trinajstić information content (AvgIpc) is 2.43. The highest BCUT2D eigenvalue weighted by atomic mass is 35.5. The van der Waals surface area contributed by atoms with E-state index in [2.05, 4.69) is 22.5 Å². The maximum atomic E-state index is 12.3. The molecule has 1 saturated carbocycles. The van der Waals surface area contributed by atoms with Gasteiger partial charge in [-0.3, -0.25) is 4.79 Å². The third kappa shape index (κ3) is 3.85. The van der Waals surface area contributed by atoms with E-state index in [9.17, 15) is 4.79 Å². The second-order valence-electron chi connectivity index (χ2n) is 5.49. The number of nitrogens with one attached hydrogen (secondary N) is 2. The topological polar surface area (TPSA) is 54.0 Å². The molecule has 0 aromatic carbocycles. The maximum absolute atomic E-state index is 12.3. The first kappa shape index (κ1) is 15.1. The fourth-order valence-corrected chi connectivity index (χ4v) is 2.73. The predicted octanol–water partition coefficient (Wildman–Crippen LogP) is 3.48. The van der Waals surface area contributed by atoms with Gasteiger partial charge in [0.05, 0.1) is 5.02 Å². The lowest BCUT2D eigenvalue weighted by Crippen LogP contribution is -2.37. The zero-order valence-electron chi connectivity index (χ0n) is 12.1. The van der Waals surface area contributed by atoms with Gasteiger partial charge in [0.2, 0.25) is 0 Å². The SMILES string of the molecule is CCNc1ccc(Cl)c(C(=O)NC2CCC(C)CC2)n1. The number of pyridine rings is 1. The minimum absolute atomic E-state index is 0.172. The van der Waals surface area contributed by atoms with Gasteiger partial charge in [0.1, 0.15) is 11.5 Å². The van der Waals surface area contributed by atoms with Gasteiger partial charge in [-0.1, -0.05) is 18.5 Å². The van der Waals surface area contributed by atoms with Crippen LogP contribution in [-0.2, 0) is 0 Å². The molecule has 0 unspecified atom stereocenters. The van der Waals surface area contributed by atoms with Gasteiger partial charge >= 0.3 is 0 Å². The Kier molecular flexibility index (Phi) is 5.24. The highest BCUT2D eigenvalue weighted by molar-refractivity contribution is 6.33. The summed E-state index contributed by atoms with van der Waals surface area (Å²) in [6.45, 7) is 5.01. The Balaban J connectivity index is 2.03. The highest BCUT2D eigenvalue weighted by Gasteiger charge is 2.22. The molecule has 0 bridgehead atoms. The molecule has 20 heavy (non-hydrogen) atoms. The van der Waals surface area contributed by atoms with Crippen LogP contribution in [0.1, 0.15) is 50.0 Å². The monoisotopic (exact) mass is 295 g/mol. The van der Waals surface area contributed by atoms with E-state index in [4.69, 9.17) is 11.6 Å². The molecular weight excluding hydrogens is 274 g/mol.